The summed E-state index contributed by atoms with van der Waals surface area (Å²) in [6, 6.07) is 7.87. The topological polar surface area (TPSA) is 106 Å². The number of aliphatic hydroxyl groups is 1. The van der Waals surface area contributed by atoms with Gasteiger partial charge in [-0.2, -0.15) is 0 Å². The zero-order valence-electron chi connectivity index (χ0n) is 32.2. The number of aryl methyl sites for hydroxylation is 6. The third kappa shape index (κ3) is 9.62. The van der Waals surface area contributed by atoms with Crippen LogP contribution in [0.25, 0.3) is 11.1 Å². The number of aliphatic hydroxyl groups excluding tert-OH is 1. The first-order valence-electron chi connectivity index (χ1n) is 17.8. The molecule has 2 fully saturated rings. The molecule has 2 heterocycles. The third-order valence-electron chi connectivity index (χ3n) is 10.5. The first kappa shape index (κ1) is 44.0. The number of carbonyl (C=O) groups excluding carboxylic acids is 2. The maximum absolute atomic E-state index is 13.8. The quantitative estimate of drug-likeness (QED) is 0.160. The van der Waals surface area contributed by atoms with Gasteiger partial charge in [0.05, 0.1) is 36.4 Å². The predicted molar refractivity (Wildman–Crippen MR) is 213 cm³/mol. The van der Waals surface area contributed by atoms with E-state index in [2.05, 4.69) is 27.6 Å². The zero-order valence-corrected chi connectivity index (χ0v) is 34.5. The molecular weight excluding hydrogens is 780 g/mol. The summed E-state index contributed by atoms with van der Waals surface area (Å²) in [6.45, 7) is 11.6. The first-order chi connectivity index (χ1) is 25.5. The minimum atomic E-state index is -2.73. The number of nitrogens with one attached hydrogen (secondary N) is 2. The van der Waals surface area contributed by atoms with E-state index in [1.165, 1.54) is 14.2 Å². The molecule has 2 aliphatic heterocycles. The number of thiocarbonyl (C=S) groups is 2. The largest absolute Gasteiger partial charge is 0.509 e. The van der Waals surface area contributed by atoms with E-state index >= 15 is 0 Å². The standard InChI is InChI=1S/C20H23F2NO3S.C18H21F2NO2.C2H3ClOS/c1-11-9-12(2)14(13(3)10-11)15-16(26-18(27)25-4)19(23-17(15)24)5-7-20(21,22)8-6-19;1-10-8-11(2)13(12(3)9-10)14-15(22)17(21-16(14)23)4-6-18(19,20)7-5-17;1-4-2(3)5/h9-10H,5-8H2,1-4H3,(H,23,24);8-9,22H,4-7H2,1-3H3,(H,21,23);1H3. The van der Waals surface area contributed by atoms with Gasteiger partial charge in [0.25, 0.3) is 16.3 Å². The lowest BCUT2D eigenvalue weighted by atomic mass is 9.78. The lowest BCUT2D eigenvalue weighted by Gasteiger charge is -2.38. The highest BCUT2D eigenvalue weighted by molar-refractivity contribution is 7.82. The Hall–Kier alpha value is -3.75. The molecule has 2 amide bonds. The molecule has 0 aromatic heterocycles. The predicted octanol–water partition coefficient (Wildman–Crippen LogP) is 9.46. The summed E-state index contributed by atoms with van der Waals surface area (Å²) >= 11 is 14.3. The number of carbonyl (C=O) groups is 2. The van der Waals surface area contributed by atoms with Crippen molar-refractivity contribution >= 4 is 68.7 Å². The van der Waals surface area contributed by atoms with Gasteiger partial charge in [-0.1, -0.05) is 35.4 Å². The number of hydrogen-bond donors (Lipinski definition) is 3. The van der Waals surface area contributed by atoms with Gasteiger partial charge >= 0.3 is 5.24 Å². The van der Waals surface area contributed by atoms with Crippen LogP contribution in [0.1, 0.15) is 95.9 Å². The van der Waals surface area contributed by atoms with Gasteiger partial charge in [0.1, 0.15) is 11.5 Å². The molecule has 3 N–H and O–H groups in total. The van der Waals surface area contributed by atoms with Crippen LogP contribution in [0.3, 0.4) is 0 Å². The summed E-state index contributed by atoms with van der Waals surface area (Å²) < 4.78 is 69.5. The van der Waals surface area contributed by atoms with Crippen molar-refractivity contribution in [1.29, 1.82) is 0 Å². The highest BCUT2D eigenvalue weighted by Gasteiger charge is 2.54. The van der Waals surface area contributed by atoms with Crippen LogP contribution in [-0.4, -0.2) is 63.8 Å². The van der Waals surface area contributed by atoms with Crippen LogP contribution in [0.15, 0.2) is 35.8 Å². The fourth-order valence-corrected chi connectivity index (χ4v) is 8.13. The Morgan fingerprint density at radius 1 is 0.655 bits per heavy atom. The minimum absolute atomic E-state index is 0.0602. The highest BCUT2D eigenvalue weighted by Crippen LogP contribution is 2.49. The number of alkyl halides is 4. The summed E-state index contributed by atoms with van der Waals surface area (Å²) in [7, 11) is 2.80. The normalized spacial score (nSPS) is 20.2. The van der Waals surface area contributed by atoms with Gasteiger partial charge in [-0.15, -0.1) is 0 Å². The lowest BCUT2D eigenvalue weighted by Crippen LogP contribution is -2.50. The Balaban J connectivity index is 0.000000220. The van der Waals surface area contributed by atoms with Gasteiger partial charge in [0.2, 0.25) is 11.8 Å². The van der Waals surface area contributed by atoms with E-state index in [1.807, 2.05) is 65.8 Å². The summed E-state index contributed by atoms with van der Waals surface area (Å²) in [4.78, 5) is 25.5. The van der Waals surface area contributed by atoms with Crippen molar-refractivity contribution in [2.75, 3.05) is 14.2 Å². The fourth-order valence-electron chi connectivity index (χ4n) is 8.05. The molecule has 0 atom stereocenters. The van der Waals surface area contributed by atoms with E-state index in [1.54, 1.807) is 0 Å². The molecular formula is C40H47ClF4N2O6S2. The van der Waals surface area contributed by atoms with Crippen LogP contribution in [0.2, 0.25) is 0 Å². The SMILES string of the molecule is COC(=S)Cl.COC(=S)OC1=C(c2c(C)cc(C)cc2C)C(=O)NC12CCC(F)(F)CC2.Cc1cc(C)c(C2=C(O)C3(CCC(F)(F)CC3)NC2=O)c(C)c1. The van der Waals surface area contributed by atoms with E-state index in [4.69, 9.17) is 33.3 Å². The van der Waals surface area contributed by atoms with Crippen LogP contribution in [0, 0.1) is 41.5 Å². The maximum atomic E-state index is 13.8. The van der Waals surface area contributed by atoms with E-state index in [9.17, 15) is 32.3 Å². The molecule has 2 aliphatic carbocycles. The highest BCUT2D eigenvalue weighted by atomic mass is 35.5. The summed E-state index contributed by atoms with van der Waals surface area (Å²) in [5.41, 5.74) is 5.83. The van der Waals surface area contributed by atoms with Gasteiger partial charge < -0.3 is 30.0 Å². The number of amides is 2. The molecule has 0 saturated heterocycles. The summed E-state index contributed by atoms with van der Waals surface area (Å²) in [5, 5.41) is 16.3. The Labute approximate surface area is 335 Å². The molecule has 0 radical (unpaired) electrons. The molecule has 0 unspecified atom stereocenters. The van der Waals surface area contributed by atoms with Crippen molar-refractivity contribution in [2.24, 2.45) is 0 Å². The van der Waals surface area contributed by atoms with Crippen LogP contribution in [-0.2, 0) is 23.8 Å². The molecule has 300 valence electrons. The lowest BCUT2D eigenvalue weighted by molar-refractivity contribution is -0.118. The summed E-state index contributed by atoms with van der Waals surface area (Å²) in [6.07, 6.45) is -0.997. The molecule has 8 nitrogen and oxygen atoms in total. The van der Waals surface area contributed by atoms with Crippen LogP contribution in [0.4, 0.5) is 17.6 Å². The van der Waals surface area contributed by atoms with Gasteiger partial charge in [-0.05, 0) is 124 Å². The van der Waals surface area contributed by atoms with Crippen LogP contribution < -0.4 is 10.6 Å². The van der Waals surface area contributed by atoms with E-state index in [-0.39, 0.29) is 84.3 Å². The van der Waals surface area contributed by atoms with Crippen molar-refractivity contribution in [2.45, 2.75) is 116 Å². The van der Waals surface area contributed by atoms with Crippen LogP contribution in [0.5, 0.6) is 0 Å². The molecule has 4 aliphatic rings. The van der Waals surface area contributed by atoms with E-state index < -0.39 is 22.9 Å². The van der Waals surface area contributed by atoms with Gasteiger partial charge in [0, 0.05) is 37.9 Å². The van der Waals surface area contributed by atoms with Crippen molar-refractivity contribution in [1.82, 2.24) is 10.6 Å². The number of benzene rings is 2. The van der Waals surface area contributed by atoms with Gasteiger partial charge in [-0.25, -0.2) is 17.6 Å². The summed E-state index contributed by atoms with van der Waals surface area (Å²) in [5.74, 6) is -5.93. The number of methoxy groups -OCH3 is 2. The monoisotopic (exact) mass is 826 g/mol. The second-order valence-electron chi connectivity index (χ2n) is 14.8. The van der Waals surface area contributed by atoms with Crippen molar-refractivity contribution < 1.29 is 46.5 Å². The van der Waals surface area contributed by atoms with Crippen molar-refractivity contribution in [3.63, 3.8) is 0 Å². The Kier molecular flexibility index (Phi) is 13.4. The maximum Gasteiger partial charge on any atom is 0.357 e. The molecule has 2 saturated carbocycles. The number of halogens is 5. The van der Waals surface area contributed by atoms with E-state index in [0.717, 1.165) is 38.9 Å². The fraction of sp³-hybridized carbons (Fsp3) is 0.500. The molecule has 2 aromatic carbocycles. The molecule has 2 spiro atoms. The smallest absolute Gasteiger partial charge is 0.357 e. The van der Waals surface area contributed by atoms with Crippen molar-refractivity contribution in [3.05, 3.63) is 80.3 Å². The number of ether oxygens (including phenoxy) is 3. The average molecular weight is 827 g/mol. The van der Waals surface area contributed by atoms with Crippen molar-refractivity contribution in [3.8, 4) is 0 Å². The Morgan fingerprint density at radius 3 is 1.38 bits per heavy atom. The Morgan fingerprint density at radius 2 is 1.00 bits per heavy atom. The van der Waals surface area contributed by atoms with Gasteiger partial charge in [-0.3, -0.25) is 9.59 Å². The molecule has 6 rings (SSSR count). The van der Waals surface area contributed by atoms with E-state index in [0.29, 0.717) is 16.9 Å². The molecule has 2 aromatic rings. The second kappa shape index (κ2) is 16.8. The zero-order chi connectivity index (χ0) is 41.3. The third-order valence-corrected chi connectivity index (χ3v) is 11.1. The molecule has 15 heteroatoms. The minimum Gasteiger partial charge on any atom is -0.509 e. The first-order valence-corrected chi connectivity index (χ1v) is 19.0. The Bertz CT molecular complexity index is 1900. The number of rotatable bonds is 3. The molecule has 55 heavy (non-hydrogen) atoms. The second-order valence-corrected chi connectivity index (χ2v) is 16.0. The van der Waals surface area contributed by atoms with Gasteiger partial charge in [0.15, 0.2) is 0 Å². The average Bonchev–Trinajstić information content (AvgIpc) is 3.48. The molecule has 0 bridgehead atoms. The number of hydrogen-bond acceptors (Lipinski definition) is 8. The van der Waals surface area contributed by atoms with Crippen LogP contribution >= 0.6 is 36.0 Å².